The first-order valence-electron chi connectivity index (χ1n) is 6.42. The Morgan fingerprint density at radius 2 is 1.73 bits per heavy atom. The molecule has 22 heavy (non-hydrogen) atoms. The predicted molar refractivity (Wildman–Crippen MR) is 79.1 cm³/mol. The number of pyridine rings is 1. The van der Waals surface area contributed by atoms with Crippen molar-refractivity contribution in [2.75, 3.05) is 11.9 Å². The van der Waals surface area contributed by atoms with Crippen LogP contribution in [0.3, 0.4) is 0 Å². The summed E-state index contributed by atoms with van der Waals surface area (Å²) in [5, 5.41) is 2.61. The lowest BCUT2D eigenvalue weighted by atomic mass is 10.3. The van der Waals surface area contributed by atoms with Gasteiger partial charge in [-0.25, -0.2) is 17.5 Å². The number of halogens is 1. The summed E-state index contributed by atoms with van der Waals surface area (Å²) in [6, 6.07) is 7.69. The molecule has 0 radical (unpaired) electrons. The van der Waals surface area contributed by atoms with Crippen LogP contribution in [0.5, 0.6) is 0 Å². The van der Waals surface area contributed by atoms with Gasteiger partial charge in [-0.3, -0.25) is 9.78 Å². The Hall–Kier alpha value is -2.32. The molecule has 0 saturated carbocycles. The van der Waals surface area contributed by atoms with Gasteiger partial charge in [0.15, 0.2) is 0 Å². The Morgan fingerprint density at radius 3 is 2.36 bits per heavy atom. The van der Waals surface area contributed by atoms with E-state index in [1.54, 1.807) is 12.1 Å². The molecular formula is C14H14FN3O3S. The number of anilines is 1. The van der Waals surface area contributed by atoms with Gasteiger partial charge in [0.05, 0.1) is 4.90 Å². The van der Waals surface area contributed by atoms with Crippen LogP contribution >= 0.6 is 0 Å². The molecule has 0 saturated heterocycles. The summed E-state index contributed by atoms with van der Waals surface area (Å²) in [4.78, 5) is 15.4. The molecule has 0 spiro atoms. The normalized spacial score (nSPS) is 11.1. The summed E-state index contributed by atoms with van der Waals surface area (Å²) < 4.78 is 38.9. The first kappa shape index (κ1) is 16.1. The fourth-order valence-electron chi connectivity index (χ4n) is 1.65. The first-order chi connectivity index (χ1) is 10.5. The zero-order valence-electron chi connectivity index (χ0n) is 11.5. The number of amides is 1. The van der Waals surface area contributed by atoms with E-state index in [2.05, 4.69) is 15.0 Å². The number of nitrogens with one attached hydrogen (secondary N) is 2. The summed E-state index contributed by atoms with van der Waals surface area (Å²) >= 11 is 0. The molecule has 1 aromatic heterocycles. The highest BCUT2D eigenvalue weighted by Crippen LogP contribution is 2.09. The van der Waals surface area contributed by atoms with Crippen molar-refractivity contribution in [3.63, 3.8) is 0 Å². The first-order valence-corrected chi connectivity index (χ1v) is 7.91. The maximum absolute atomic E-state index is 12.8. The van der Waals surface area contributed by atoms with Crippen molar-refractivity contribution >= 4 is 21.6 Å². The number of benzene rings is 1. The minimum Gasteiger partial charge on any atom is -0.326 e. The summed E-state index contributed by atoms with van der Waals surface area (Å²) in [5.74, 6) is -0.844. The van der Waals surface area contributed by atoms with Gasteiger partial charge in [0.25, 0.3) is 0 Å². The monoisotopic (exact) mass is 323 g/mol. The number of aromatic nitrogens is 1. The lowest BCUT2D eigenvalue weighted by molar-refractivity contribution is -0.116. The van der Waals surface area contributed by atoms with Gasteiger partial charge in [-0.1, -0.05) is 0 Å². The lowest BCUT2D eigenvalue weighted by Gasteiger charge is -2.07. The largest absolute Gasteiger partial charge is 0.326 e. The second-order valence-corrected chi connectivity index (χ2v) is 6.15. The molecule has 1 aromatic carbocycles. The van der Waals surface area contributed by atoms with Gasteiger partial charge in [0, 0.05) is 31.0 Å². The van der Waals surface area contributed by atoms with Gasteiger partial charge in [-0.15, -0.1) is 0 Å². The fraction of sp³-hybridized carbons (Fsp3) is 0.143. The molecule has 0 aliphatic rings. The molecule has 2 aromatic rings. The molecule has 2 rings (SSSR count). The predicted octanol–water partition coefficient (Wildman–Crippen LogP) is 1.53. The maximum atomic E-state index is 12.8. The van der Waals surface area contributed by atoms with Crippen LogP contribution in [0.25, 0.3) is 0 Å². The number of hydrogen-bond acceptors (Lipinski definition) is 4. The summed E-state index contributed by atoms with van der Waals surface area (Å²) in [6.45, 7) is -0.0589. The van der Waals surface area contributed by atoms with E-state index in [1.165, 1.54) is 12.4 Å². The van der Waals surface area contributed by atoms with Crippen LogP contribution in [0.4, 0.5) is 10.1 Å². The van der Waals surface area contributed by atoms with Crippen LogP contribution in [0.2, 0.25) is 0 Å². The Balaban J connectivity index is 1.85. The summed E-state index contributed by atoms with van der Waals surface area (Å²) in [7, 11) is -3.75. The Labute approximate surface area is 127 Å². The molecule has 1 amide bonds. The van der Waals surface area contributed by atoms with Crippen molar-refractivity contribution in [3.8, 4) is 0 Å². The topological polar surface area (TPSA) is 88.2 Å². The Bertz CT molecular complexity index is 734. The molecule has 0 unspecified atom stereocenters. The van der Waals surface area contributed by atoms with Crippen LogP contribution in [-0.2, 0) is 14.8 Å². The minimum absolute atomic E-state index is 0.0251. The number of hydrogen-bond donors (Lipinski definition) is 2. The van der Waals surface area contributed by atoms with Crippen molar-refractivity contribution in [1.29, 1.82) is 0 Å². The Morgan fingerprint density at radius 1 is 1.09 bits per heavy atom. The van der Waals surface area contributed by atoms with Crippen molar-refractivity contribution in [1.82, 2.24) is 9.71 Å². The van der Waals surface area contributed by atoms with Gasteiger partial charge in [0.1, 0.15) is 5.82 Å². The van der Waals surface area contributed by atoms with E-state index in [4.69, 9.17) is 0 Å². The number of sulfonamides is 1. The smallest absolute Gasteiger partial charge is 0.240 e. The molecule has 2 N–H and O–H groups in total. The number of carbonyl (C=O) groups is 1. The third-order valence-electron chi connectivity index (χ3n) is 2.73. The highest BCUT2D eigenvalue weighted by atomic mass is 32.2. The molecule has 0 aliphatic heterocycles. The van der Waals surface area contributed by atoms with Crippen LogP contribution < -0.4 is 10.0 Å². The second-order valence-electron chi connectivity index (χ2n) is 4.39. The number of rotatable bonds is 6. The number of carbonyl (C=O) groups excluding carboxylic acids is 1. The van der Waals surface area contributed by atoms with E-state index in [0.29, 0.717) is 5.69 Å². The van der Waals surface area contributed by atoms with Crippen molar-refractivity contribution < 1.29 is 17.6 Å². The molecule has 116 valence electrons. The fourth-order valence-corrected chi connectivity index (χ4v) is 2.69. The van der Waals surface area contributed by atoms with E-state index >= 15 is 0 Å². The molecular weight excluding hydrogens is 309 g/mol. The zero-order chi connectivity index (χ0) is 16.0. The highest BCUT2D eigenvalue weighted by molar-refractivity contribution is 7.89. The standard InChI is InChI=1S/C14H14FN3O3S/c15-11-1-3-13(4-2-11)22(20,21)17-10-7-14(19)18-12-5-8-16-9-6-12/h1-6,8-9,17H,7,10H2,(H,16,18,19). The molecule has 0 fully saturated rings. The van der Waals surface area contributed by atoms with Crippen LogP contribution in [0, 0.1) is 5.82 Å². The van der Waals surface area contributed by atoms with E-state index in [1.807, 2.05) is 0 Å². The molecule has 6 nitrogen and oxygen atoms in total. The van der Waals surface area contributed by atoms with Crippen molar-refractivity contribution in [2.24, 2.45) is 0 Å². The van der Waals surface area contributed by atoms with Crippen molar-refractivity contribution in [3.05, 3.63) is 54.6 Å². The van der Waals surface area contributed by atoms with Gasteiger partial charge in [0.2, 0.25) is 15.9 Å². The van der Waals surface area contributed by atoms with Gasteiger partial charge in [-0.05, 0) is 36.4 Å². The third-order valence-corrected chi connectivity index (χ3v) is 4.21. The Kier molecular flexibility index (Phi) is 5.18. The van der Waals surface area contributed by atoms with Crippen LogP contribution in [0.1, 0.15) is 6.42 Å². The average Bonchev–Trinajstić information content (AvgIpc) is 2.48. The van der Waals surface area contributed by atoms with E-state index in [-0.39, 0.29) is 23.8 Å². The summed E-state index contributed by atoms with van der Waals surface area (Å²) in [5.41, 5.74) is 0.585. The van der Waals surface area contributed by atoms with E-state index in [0.717, 1.165) is 24.3 Å². The highest BCUT2D eigenvalue weighted by Gasteiger charge is 2.14. The lowest BCUT2D eigenvalue weighted by Crippen LogP contribution is -2.27. The van der Waals surface area contributed by atoms with Crippen LogP contribution in [0.15, 0.2) is 53.7 Å². The van der Waals surface area contributed by atoms with Crippen molar-refractivity contribution in [2.45, 2.75) is 11.3 Å². The average molecular weight is 323 g/mol. The molecule has 1 heterocycles. The maximum Gasteiger partial charge on any atom is 0.240 e. The van der Waals surface area contributed by atoms with Gasteiger partial charge in [-0.2, -0.15) is 0 Å². The van der Waals surface area contributed by atoms with E-state index in [9.17, 15) is 17.6 Å². The molecule has 0 bridgehead atoms. The quantitative estimate of drug-likeness (QED) is 0.844. The van der Waals surface area contributed by atoms with Gasteiger partial charge < -0.3 is 5.32 Å². The number of nitrogens with zero attached hydrogens (tertiary/aromatic N) is 1. The third kappa shape index (κ3) is 4.61. The SMILES string of the molecule is O=C(CCNS(=O)(=O)c1ccc(F)cc1)Nc1ccncc1. The van der Waals surface area contributed by atoms with Crippen LogP contribution in [-0.4, -0.2) is 25.9 Å². The zero-order valence-corrected chi connectivity index (χ0v) is 12.3. The van der Waals surface area contributed by atoms with Gasteiger partial charge >= 0.3 is 0 Å². The molecule has 0 atom stereocenters. The molecule has 8 heteroatoms. The summed E-state index contributed by atoms with van der Waals surface area (Å²) in [6.07, 6.45) is 3.04. The minimum atomic E-state index is -3.75. The second kappa shape index (κ2) is 7.10. The van der Waals surface area contributed by atoms with E-state index < -0.39 is 15.8 Å². The molecule has 0 aliphatic carbocycles.